The molecule has 0 radical (unpaired) electrons. The molecule has 1 aliphatic carbocycles. The highest BCUT2D eigenvalue weighted by molar-refractivity contribution is 5.90. The Morgan fingerprint density at radius 1 is 1.20 bits per heavy atom. The third kappa shape index (κ3) is 4.53. The highest BCUT2D eigenvalue weighted by Gasteiger charge is 2.29. The van der Waals surface area contributed by atoms with Gasteiger partial charge in [0.2, 0.25) is 5.91 Å². The Kier molecular flexibility index (Phi) is 5.32. The molecule has 0 bridgehead atoms. The van der Waals surface area contributed by atoms with Crippen molar-refractivity contribution in [2.24, 2.45) is 5.92 Å². The lowest BCUT2D eigenvalue weighted by atomic mass is 10.1. The zero-order valence-corrected chi connectivity index (χ0v) is 16.6. The van der Waals surface area contributed by atoms with E-state index >= 15 is 0 Å². The first kappa shape index (κ1) is 20.1. The summed E-state index contributed by atoms with van der Waals surface area (Å²) in [6, 6.07) is 8.69. The van der Waals surface area contributed by atoms with Gasteiger partial charge in [0.15, 0.2) is 0 Å². The number of amides is 1. The van der Waals surface area contributed by atoms with Crippen LogP contribution in [0.15, 0.2) is 47.7 Å². The summed E-state index contributed by atoms with van der Waals surface area (Å²) >= 11 is 0. The number of nitrogens with zero attached hydrogens (tertiary/aromatic N) is 3. The number of alkyl halides is 2. The van der Waals surface area contributed by atoms with Crippen molar-refractivity contribution in [2.45, 2.75) is 45.1 Å². The maximum Gasteiger partial charge on any atom is 0.261 e. The lowest BCUT2D eigenvalue weighted by molar-refractivity contribution is -0.123. The molecular weight excluding hydrogens is 390 g/mol. The molecule has 6 nitrogen and oxygen atoms in total. The van der Waals surface area contributed by atoms with Crippen LogP contribution in [-0.2, 0) is 11.3 Å². The smallest absolute Gasteiger partial charge is 0.261 e. The van der Waals surface area contributed by atoms with Gasteiger partial charge in [0.1, 0.15) is 5.82 Å². The monoisotopic (exact) mass is 412 g/mol. The summed E-state index contributed by atoms with van der Waals surface area (Å²) in [6.07, 6.45) is 4.16. The molecule has 0 saturated heterocycles. The van der Waals surface area contributed by atoms with E-state index in [1.807, 2.05) is 6.07 Å². The molecule has 1 saturated carbocycles. The normalized spacial score (nSPS) is 14.1. The molecule has 0 aliphatic heterocycles. The second-order valence-electron chi connectivity index (χ2n) is 7.74. The van der Waals surface area contributed by atoms with Gasteiger partial charge in [-0.05, 0) is 48.6 Å². The van der Waals surface area contributed by atoms with Crippen LogP contribution in [0.5, 0.6) is 0 Å². The molecule has 3 aromatic rings. The summed E-state index contributed by atoms with van der Waals surface area (Å²) in [5.74, 6) is -3.05. The third-order valence-corrected chi connectivity index (χ3v) is 5.28. The van der Waals surface area contributed by atoms with Crippen LogP contribution in [0.1, 0.15) is 32.6 Å². The average Bonchev–Trinajstić information content (AvgIpc) is 3.54. The van der Waals surface area contributed by atoms with Gasteiger partial charge in [-0.2, -0.15) is 0 Å². The van der Waals surface area contributed by atoms with Crippen LogP contribution in [0, 0.1) is 5.92 Å². The van der Waals surface area contributed by atoms with E-state index in [1.54, 1.807) is 35.2 Å². The zero-order chi connectivity index (χ0) is 21.3. The van der Waals surface area contributed by atoms with Crippen molar-refractivity contribution >= 4 is 22.6 Å². The lowest BCUT2D eigenvalue weighted by Gasteiger charge is -2.13. The summed E-state index contributed by atoms with van der Waals surface area (Å²) in [4.78, 5) is 33.1. The second-order valence-corrected chi connectivity index (χ2v) is 7.74. The number of hydrogen-bond donors (Lipinski definition) is 1. The van der Waals surface area contributed by atoms with Gasteiger partial charge < -0.3 is 5.32 Å². The number of fused-ring (bicyclic) bond motifs is 1. The number of carbonyl (C=O) groups is 1. The maximum absolute atomic E-state index is 13.3. The molecule has 1 aliphatic rings. The summed E-state index contributed by atoms with van der Waals surface area (Å²) in [5.41, 5.74) is 2.09. The Hall–Kier alpha value is -3.16. The van der Waals surface area contributed by atoms with E-state index in [1.165, 1.54) is 13.1 Å². The van der Waals surface area contributed by atoms with Crippen molar-refractivity contribution in [3.8, 4) is 11.1 Å². The minimum Gasteiger partial charge on any atom is -0.311 e. The van der Waals surface area contributed by atoms with Gasteiger partial charge in [-0.3, -0.25) is 14.2 Å². The van der Waals surface area contributed by atoms with Gasteiger partial charge in [0.05, 0.1) is 23.7 Å². The molecule has 1 fully saturated rings. The number of nitrogens with one attached hydrogen (secondary N) is 1. The minimum absolute atomic E-state index is 0.0672. The number of benzene rings is 1. The number of anilines is 1. The molecule has 30 heavy (non-hydrogen) atoms. The average molecular weight is 412 g/mol. The molecule has 1 N–H and O–H groups in total. The van der Waals surface area contributed by atoms with E-state index in [-0.39, 0.29) is 11.4 Å². The van der Waals surface area contributed by atoms with Crippen molar-refractivity contribution in [1.82, 2.24) is 14.5 Å². The Balaban J connectivity index is 1.54. The van der Waals surface area contributed by atoms with Crippen LogP contribution in [-0.4, -0.2) is 26.4 Å². The van der Waals surface area contributed by atoms with E-state index in [4.69, 9.17) is 0 Å². The molecular formula is C22H22F2N4O2. The standard InChI is InChI=1S/C22H22F2N4O2/c1-2-22(23,24)10-20(29)27-19-8-6-16(11-25-19)15-5-7-18-17(9-15)21(30)28(13-26-18)12-14-3-4-14/h5-9,11,13-14H,2-4,10,12H2,1H3,(H,25,27,29). The Bertz CT molecular complexity index is 1140. The van der Waals surface area contributed by atoms with Crippen LogP contribution in [0.3, 0.4) is 0 Å². The van der Waals surface area contributed by atoms with Gasteiger partial charge in [0.25, 0.3) is 11.5 Å². The number of pyridine rings is 1. The zero-order valence-electron chi connectivity index (χ0n) is 16.6. The predicted molar refractivity (Wildman–Crippen MR) is 110 cm³/mol. The molecule has 0 unspecified atom stereocenters. The van der Waals surface area contributed by atoms with Gasteiger partial charge in [0, 0.05) is 24.7 Å². The fourth-order valence-corrected chi connectivity index (χ4v) is 3.23. The summed E-state index contributed by atoms with van der Waals surface area (Å²) in [5, 5.41) is 2.92. The Morgan fingerprint density at radius 3 is 2.63 bits per heavy atom. The van der Waals surface area contributed by atoms with Crippen molar-refractivity contribution < 1.29 is 13.6 Å². The highest BCUT2D eigenvalue weighted by Crippen LogP contribution is 2.30. The molecule has 4 rings (SSSR count). The summed E-state index contributed by atoms with van der Waals surface area (Å²) < 4.78 is 28.3. The molecule has 2 heterocycles. The van der Waals surface area contributed by atoms with Gasteiger partial charge >= 0.3 is 0 Å². The third-order valence-electron chi connectivity index (χ3n) is 5.28. The van der Waals surface area contributed by atoms with E-state index in [0.29, 0.717) is 23.4 Å². The first-order chi connectivity index (χ1) is 14.3. The van der Waals surface area contributed by atoms with E-state index in [0.717, 1.165) is 24.0 Å². The molecule has 1 amide bonds. The quantitative estimate of drug-likeness (QED) is 0.630. The van der Waals surface area contributed by atoms with Crippen LogP contribution in [0.2, 0.25) is 0 Å². The largest absolute Gasteiger partial charge is 0.311 e. The maximum atomic E-state index is 13.3. The van der Waals surface area contributed by atoms with Crippen molar-refractivity contribution in [1.29, 1.82) is 0 Å². The van der Waals surface area contributed by atoms with Crippen molar-refractivity contribution in [3.63, 3.8) is 0 Å². The number of aromatic nitrogens is 3. The van der Waals surface area contributed by atoms with Crippen molar-refractivity contribution in [2.75, 3.05) is 5.32 Å². The van der Waals surface area contributed by atoms with Crippen LogP contribution >= 0.6 is 0 Å². The topological polar surface area (TPSA) is 76.9 Å². The molecule has 156 valence electrons. The second kappa shape index (κ2) is 7.93. The van der Waals surface area contributed by atoms with E-state index < -0.39 is 24.7 Å². The van der Waals surface area contributed by atoms with Gasteiger partial charge in [-0.1, -0.05) is 13.0 Å². The Labute approximate surface area is 172 Å². The molecule has 0 spiro atoms. The molecule has 2 aromatic heterocycles. The van der Waals surface area contributed by atoms with E-state index in [2.05, 4.69) is 15.3 Å². The molecule has 8 heteroatoms. The van der Waals surface area contributed by atoms with Crippen molar-refractivity contribution in [3.05, 3.63) is 53.2 Å². The SMILES string of the molecule is CCC(F)(F)CC(=O)Nc1ccc(-c2ccc3ncn(CC4CC4)c(=O)c3c2)cn1. The summed E-state index contributed by atoms with van der Waals surface area (Å²) in [6.45, 7) is 2.03. The Morgan fingerprint density at radius 2 is 1.97 bits per heavy atom. The van der Waals surface area contributed by atoms with Crippen LogP contribution in [0.4, 0.5) is 14.6 Å². The number of carbonyl (C=O) groups excluding carboxylic acids is 1. The van der Waals surface area contributed by atoms with Crippen LogP contribution < -0.4 is 10.9 Å². The number of hydrogen-bond acceptors (Lipinski definition) is 4. The molecule has 1 aromatic carbocycles. The van der Waals surface area contributed by atoms with Gasteiger partial charge in [-0.25, -0.2) is 18.7 Å². The minimum atomic E-state index is -3.03. The fourth-order valence-electron chi connectivity index (χ4n) is 3.23. The first-order valence-electron chi connectivity index (χ1n) is 9.98. The molecule has 0 atom stereocenters. The van der Waals surface area contributed by atoms with E-state index in [9.17, 15) is 18.4 Å². The first-order valence-corrected chi connectivity index (χ1v) is 9.98. The predicted octanol–water partition coefficient (Wildman–Crippen LogP) is 4.24. The fraction of sp³-hybridized carbons (Fsp3) is 0.364. The number of rotatable bonds is 7. The number of halogens is 2. The lowest BCUT2D eigenvalue weighted by Crippen LogP contribution is -2.24. The summed E-state index contributed by atoms with van der Waals surface area (Å²) in [7, 11) is 0. The highest BCUT2D eigenvalue weighted by atomic mass is 19.3. The van der Waals surface area contributed by atoms with Crippen LogP contribution in [0.25, 0.3) is 22.0 Å². The van der Waals surface area contributed by atoms with Gasteiger partial charge in [-0.15, -0.1) is 0 Å².